The molecule has 0 N–H and O–H groups in total. The van der Waals surface area contributed by atoms with Crippen LogP contribution in [0.5, 0.6) is 23.0 Å². The lowest BCUT2D eigenvalue weighted by Gasteiger charge is -2.21. The fourth-order valence-corrected chi connectivity index (χ4v) is 6.00. The molecule has 0 bridgehead atoms. The van der Waals surface area contributed by atoms with Crippen LogP contribution < -0.4 is 20.2 Å². The number of fused-ring (bicyclic) bond motifs is 4. The van der Waals surface area contributed by atoms with E-state index in [1.807, 2.05) is 59.3 Å². The fraction of sp³-hybridized carbons (Fsp3) is 0. The van der Waals surface area contributed by atoms with Gasteiger partial charge in [-0.15, -0.1) is 22.7 Å². The first kappa shape index (κ1) is 20.2. The standard InChI is InChI=1S/C26H12Cl2N2O2S2/c27-21-24-26(32-18-12-14(6-8-16(18)30-24)20-4-2-10-34-20)22(28)23-25(21)31-17-11-13(5-7-15(17)29-23)19-3-1-9-33-19/h1-12H. The lowest BCUT2D eigenvalue weighted by atomic mass is 10.1. The Kier molecular flexibility index (Phi) is 4.57. The minimum Gasteiger partial charge on any atom is -0.451 e. The molecule has 0 saturated carbocycles. The summed E-state index contributed by atoms with van der Waals surface area (Å²) in [7, 11) is 0. The van der Waals surface area contributed by atoms with Gasteiger partial charge in [-0.3, -0.25) is 0 Å². The Morgan fingerprint density at radius 3 is 1.50 bits per heavy atom. The lowest BCUT2D eigenvalue weighted by Crippen LogP contribution is -2.22. The van der Waals surface area contributed by atoms with Gasteiger partial charge in [0, 0.05) is 9.75 Å². The van der Waals surface area contributed by atoms with Crippen molar-refractivity contribution in [3.05, 3.63) is 92.2 Å². The summed E-state index contributed by atoms with van der Waals surface area (Å²) in [6, 6.07) is 20.0. The summed E-state index contributed by atoms with van der Waals surface area (Å²) < 4.78 is 12.5. The molecule has 0 atom stereocenters. The van der Waals surface area contributed by atoms with E-state index in [0.29, 0.717) is 55.1 Å². The van der Waals surface area contributed by atoms with Gasteiger partial charge >= 0.3 is 0 Å². The van der Waals surface area contributed by atoms with Crippen LogP contribution in [0.3, 0.4) is 0 Å². The first-order chi connectivity index (χ1) is 16.7. The van der Waals surface area contributed by atoms with Gasteiger partial charge in [-0.2, -0.15) is 0 Å². The predicted molar refractivity (Wildman–Crippen MR) is 138 cm³/mol. The SMILES string of the molecule is Clc1c2c(c(Cl)c3c1=Nc1ccc(-c4cccs4)cc1O3)=Nc1ccc(-c3cccs3)cc1O2. The van der Waals surface area contributed by atoms with Crippen LogP contribution in [0.1, 0.15) is 0 Å². The maximum absolute atomic E-state index is 6.79. The number of hydrogen-bond donors (Lipinski definition) is 0. The quantitative estimate of drug-likeness (QED) is 0.230. The van der Waals surface area contributed by atoms with Gasteiger partial charge in [0.05, 0.1) is 0 Å². The Labute approximate surface area is 212 Å². The van der Waals surface area contributed by atoms with Crippen molar-refractivity contribution in [2.75, 3.05) is 0 Å². The molecule has 0 fully saturated rings. The normalized spacial score (nSPS) is 12.8. The maximum atomic E-state index is 6.79. The van der Waals surface area contributed by atoms with E-state index in [2.05, 4.69) is 12.1 Å². The van der Waals surface area contributed by atoms with Gasteiger partial charge in [-0.05, 0) is 58.3 Å². The van der Waals surface area contributed by atoms with Gasteiger partial charge in [0.1, 0.15) is 32.1 Å². The zero-order chi connectivity index (χ0) is 22.8. The summed E-state index contributed by atoms with van der Waals surface area (Å²) in [5.74, 6) is 2.00. The average Bonchev–Trinajstić information content (AvgIpc) is 3.60. The van der Waals surface area contributed by atoms with Crippen molar-refractivity contribution in [2.24, 2.45) is 9.98 Å². The van der Waals surface area contributed by atoms with E-state index in [0.717, 1.165) is 20.9 Å². The van der Waals surface area contributed by atoms with E-state index in [9.17, 15) is 0 Å². The molecule has 2 aliphatic rings. The highest BCUT2D eigenvalue weighted by Crippen LogP contribution is 2.44. The number of hydrogen-bond acceptors (Lipinski definition) is 6. The van der Waals surface area contributed by atoms with Crippen molar-refractivity contribution in [1.29, 1.82) is 0 Å². The molecule has 0 amide bonds. The van der Waals surface area contributed by atoms with Crippen LogP contribution in [0.15, 0.2) is 81.4 Å². The van der Waals surface area contributed by atoms with Crippen LogP contribution in [0.4, 0.5) is 11.4 Å². The summed E-state index contributed by atoms with van der Waals surface area (Å²) in [4.78, 5) is 11.8. The second-order valence-electron chi connectivity index (χ2n) is 7.73. The number of ether oxygens (including phenoxy) is 2. The highest BCUT2D eigenvalue weighted by molar-refractivity contribution is 7.13. The molecule has 0 radical (unpaired) electrons. The zero-order valence-electron chi connectivity index (χ0n) is 17.2. The third kappa shape index (κ3) is 3.11. The van der Waals surface area contributed by atoms with Crippen LogP contribution in [0.2, 0.25) is 10.0 Å². The molecule has 4 heterocycles. The zero-order valence-corrected chi connectivity index (χ0v) is 20.4. The highest BCUT2D eigenvalue weighted by atomic mass is 35.5. The molecule has 2 aliphatic heterocycles. The first-order valence-corrected chi connectivity index (χ1v) is 12.9. The molecule has 0 unspecified atom stereocenters. The minimum absolute atomic E-state index is 0.318. The van der Waals surface area contributed by atoms with Crippen molar-refractivity contribution in [3.8, 4) is 43.9 Å². The molecule has 0 saturated heterocycles. The molecular formula is C26H12Cl2N2O2S2. The molecular weight excluding hydrogens is 507 g/mol. The van der Waals surface area contributed by atoms with Crippen molar-refractivity contribution in [3.63, 3.8) is 0 Å². The van der Waals surface area contributed by atoms with Crippen molar-refractivity contribution in [1.82, 2.24) is 0 Å². The van der Waals surface area contributed by atoms with Gasteiger partial charge in [0.15, 0.2) is 23.0 Å². The molecule has 5 aromatic rings. The summed E-state index contributed by atoms with van der Waals surface area (Å²) >= 11 is 16.9. The van der Waals surface area contributed by atoms with Gasteiger partial charge in [-0.25, -0.2) is 9.98 Å². The fourth-order valence-electron chi connectivity index (χ4n) is 4.04. The Morgan fingerprint density at radius 2 is 1.09 bits per heavy atom. The van der Waals surface area contributed by atoms with E-state index < -0.39 is 0 Å². The smallest absolute Gasteiger partial charge is 0.175 e. The summed E-state index contributed by atoms with van der Waals surface area (Å²) in [5, 5.41) is 5.60. The third-order valence-electron chi connectivity index (χ3n) is 5.66. The molecule has 3 aromatic carbocycles. The number of benzene rings is 3. The Morgan fingerprint density at radius 1 is 0.618 bits per heavy atom. The minimum atomic E-state index is 0.318. The molecule has 2 aromatic heterocycles. The third-order valence-corrected chi connectivity index (χ3v) is 8.20. The molecule has 34 heavy (non-hydrogen) atoms. The molecule has 164 valence electrons. The van der Waals surface area contributed by atoms with Crippen LogP contribution in [0, 0.1) is 0 Å². The van der Waals surface area contributed by atoms with Crippen LogP contribution in [-0.4, -0.2) is 0 Å². The number of halogens is 2. The number of nitrogens with zero attached hydrogens (tertiary/aromatic N) is 2. The summed E-state index contributed by atoms with van der Waals surface area (Å²) in [5.41, 5.74) is 3.46. The molecule has 0 spiro atoms. The van der Waals surface area contributed by atoms with Crippen LogP contribution >= 0.6 is 45.9 Å². The van der Waals surface area contributed by atoms with Crippen molar-refractivity contribution < 1.29 is 9.47 Å². The van der Waals surface area contributed by atoms with Crippen LogP contribution in [0.25, 0.3) is 20.9 Å². The van der Waals surface area contributed by atoms with Gasteiger partial charge in [-0.1, -0.05) is 47.5 Å². The Balaban J connectivity index is 1.38. The second kappa shape index (κ2) is 7.68. The van der Waals surface area contributed by atoms with Crippen molar-refractivity contribution >= 4 is 57.3 Å². The summed E-state index contributed by atoms with van der Waals surface area (Å²) in [6.07, 6.45) is 0. The highest BCUT2D eigenvalue weighted by Gasteiger charge is 2.27. The first-order valence-electron chi connectivity index (χ1n) is 10.4. The average molecular weight is 519 g/mol. The molecule has 8 heteroatoms. The Bertz CT molecular complexity index is 1600. The van der Waals surface area contributed by atoms with Crippen molar-refractivity contribution in [2.45, 2.75) is 0 Å². The molecule has 0 aliphatic carbocycles. The summed E-state index contributed by atoms with van der Waals surface area (Å²) in [6.45, 7) is 0. The lowest BCUT2D eigenvalue weighted by molar-refractivity contribution is 0.451. The van der Waals surface area contributed by atoms with Crippen LogP contribution in [-0.2, 0) is 0 Å². The monoisotopic (exact) mass is 518 g/mol. The number of rotatable bonds is 2. The van der Waals surface area contributed by atoms with Gasteiger partial charge in [0.25, 0.3) is 0 Å². The molecule has 4 nitrogen and oxygen atoms in total. The predicted octanol–water partition coefficient (Wildman–Crippen LogP) is 8.56. The van der Waals surface area contributed by atoms with E-state index in [4.69, 9.17) is 42.7 Å². The van der Waals surface area contributed by atoms with E-state index >= 15 is 0 Å². The van der Waals surface area contributed by atoms with E-state index in [1.54, 1.807) is 22.7 Å². The molecule has 7 rings (SSSR count). The Hall–Kier alpha value is -3.16. The van der Waals surface area contributed by atoms with Gasteiger partial charge < -0.3 is 9.47 Å². The largest absolute Gasteiger partial charge is 0.451 e. The number of thiophene rings is 2. The van der Waals surface area contributed by atoms with E-state index in [-0.39, 0.29) is 0 Å². The second-order valence-corrected chi connectivity index (χ2v) is 10.4. The van der Waals surface area contributed by atoms with E-state index in [1.165, 1.54) is 0 Å². The topological polar surface area (TPSA) is 43.2 Å². The van der Waals surface area contributed by atoms with Gasteiger partial charge in [0.2, 0.25) is 0 Å². The maximum Gasteiger partial charge on any atom is 0.175 e.